The molecule has 22 heavy (non-hydrogen) atoms. The van der Waals surface area contributed by atoms with E-state index in [0.717, 1.165) is 17.7 Å². The van der Waals surface area contributed by atoms with Gasteiger partial charge in [0.15, 0.2) is 11.6 Å². The van der Waals surface area contributed by atoms with Crippen LogP contribution in [0.1, 0.15) is 15.9 Å². The number of aryl methyl sites for hydroxylation is 1. The van der Waals surface area contributed by atoms with Gasteiger partial charge >= 0.3 is 5.69 Å². The highest BCUT2D eigenvalue weighted by Crippen LogP contribution is 2.32. The fourth-order valence-corrected chi connectivity index (χ4v) is 1.84. The van der Waals surface area contributed by atoms with E-state index >= 15 is 0 Å². The van der Waals surface area contributed by atoms with E-state index in [1.807, 2.05) is 6.92 Å². The molecular formula is C15H13FN2O4. The molecule has 0 saturated carbocycles. The Morgan fingerprint density at radius 3 is 2.45 bits per heavy atom. The van der Waals surface area contributed by atoms with Crippen molar-refractivity contribution < 1.29 is 18.8 Å². The molecule has 0 fully saturated rings. The van der Waals surface area contributed by atoms with Gasteiger partial charge in [0.05, 0.1) is 17.7 Å². The zero-order valence-corrected chi connectivity index (χ0v) is 11.9. The highest BCUT2D eigenvalue weighted by Gasteiger charge is 2.20. The number of hydrogen-bond donors (Lipinski definition) is 1. The summed E-state index contributed by atoms with van der Waals surface area (Å²) in [7, 11) is 1.20. The molecule has 0 radical (unpaired) electrons. The topological polar surface area (TPSA) is 81.5 Å². The number of nitrogens with one attached hydrogen (secondary N) is 1. The number of halogens is 1. The third kappa shape index (κ3) is 3.20. The van der Waals surface area contributed by atoms with E-state index in [1.54, 1.807) is 24.3 Å². The van der Waals surface area contributed by atoms with Crippen LogP contribution in [0.4, 0.5) is 15.8 Å². The highest BCUT2D eigenvalue weighted by molar-refractivity contribution is 6.04. The number of benzene rings is 2. The van der Waals surface area contributed by atoms with E-state index in [4.69, 9.17) is 4.74 Å². The maximum atomic E-state index is 13.9. The third-order valence-electron chi connectivity index (χ3n) is 3.03. The number of nitro groups is 1. The summed E-state index contributed by atoms with van der Waals surface area (Å²) < 4.78 is 18.7. The van der Waals surface area contributed by atoms with E-state index in [2.05, 4.69) is 5.32 Å². The molecule has 6 nitrogen and oxygen atoms in total. The molecule has 0 aliphatic carbocycles. The van der Waals surface area contributed by atoms with Gasteiger partial charge in [-0.2, -0.15) is 0 Å². The van der Waals surface area contributed by atoms with Crippen LogP contribution in [0.15, 0.2) is 36.4 Å². The number of ether oxygens (including phenoxy) is 1. The van der Waals surface area contributed by atoms with Gasteiger partial charge in [-0.05, 0) is 19.1 Å². The van der Waals surface area contributed by atoms with E-state index in [-0.39, 0.29) is 11.4 Å². The number of nitro benzene ring substituents is 1. The summed E-state index contributed by atoms with van der Waals surface area (Å²) in [6.45, 7) is 1.87. The van der Waals surface area contributed by atoms with E-state index in [1.165, 1.54) is 7.11 Å². The molecule has 114 valence electrons. The SMILES string of the molecule is COc1cc(F)c(NC(=O)c2ccc(C)cc2)cc1[N+](=O)[O-]. The second kappa shape index (κ2) is 6.21. The first-order chi connectivity index (χ1) is 10.4. The van der Waals surface area contributed by atoms with Gasteiger partial charge < -0.3 is 10.1 Å². The Bertz CT molecular complexity index is 729. The molecule has 1 amide bonds. The van der Waals surface area contributed by atoms with Crippen LogP contribution in [-0.4, -0.2) is 17.9 Å². The second-order valence-electron chi connectivity index (χ2n) is 4.58. The van der Waals surface area contributed by atoms with Crippen molar-refractivity contribution in [2.24, 2.45) is 0 Å². The van der Waals surface area contributed by atoms with Crippen molar-refractivity contribution in [2.75, 3.05) is 12.4 Å². The second-order valence-corrected chi connectivity index (χ2v) is 4.58. The normalized spacial score (nSPS) is 10.1. The van der Waals surface area contributed by atoms with Crippen molar-refractivity contribution in [3.8, 4) is 5.75 Å². The Morgan fingerprint density at radius 2 is 1.91 bits per heavy atom. The Hall–Kier alpha value is -2.96. The first-order valence-corrected chi connectivity index (χ1v) is 6.32. The molecule has 2 rings (SSSR count). The molecule has 0 aliphatic heterocycles. The summed E-state index contributed by atoms with van der Waals surface area (Å²) >= 11 is 0. The number of carbonyl (C=O) groups is 1. The molecule has 0 unspecified atom stereocenters. The van der Waals surface area contributed by atoms with Crippen LogP contribution in [-0.2, 0) is 0 Å². The predicted molar refractivity (Wildman–Crippen MR) is 78.7 cm³/mol. The van der Waals surface area contributed by atoms with Gasteiger partial charge in [-0.15, -0.1) is 0 Å². The first-order valence-electron chi connectivity index (χ1n) is 6.32. The summed E-state index contributed by atoms with van der Waals surface area (Å²) in [5.41, 5.74) is 0.590. The van der Waals surface area contributed by atoms with Crippen LogP contribution in [0.3, 0.4) is 0 Å². The lowest BCUT2D eigenvalue weighted by Gasteiger charge is -2.09. The van der Waals surface area contributed by atoms with Gasteiger partial charge in [-0.3, -0.25) is 14.9 Å². The lowest BCUT2D eigenvalue weighted by atomic mass is 10.1. The van der Waals surface area contributed by atoms with Crippen molar-refractivity contribution in [1.82, 2.24) is 0 Å². The largest absolute Gasteiger partial charge is 0.490 e. The molecule has 0 saturated heterocycles. The zero-order chi connectivity index (χ0) is 16.3. The van der Waals surface area contributed by atoms with Crippen LogP contribution in [0.5, 0.6) is 5.75 Å². The molecule has 0 heterocycles. The van der Waals surface area contributed by atoms with Crippen molar-refractivity contribution in [3.63, 3.8) is 0 Å². The number of methoxy groups -OCH3 is 1. The quantitative estimate of drug-likeness (QED) is 0.694. The number of amides is 1. The minimum atomic E-state index is -0.817. The summed E-state index contributed by atoms with van der Waals surface area (Å²) in [5.74, 6) is -1.59. The Labute approximate surface area is 125 Å². The third-order valence-corrected chi connectivity index (χ3v) is 3.03. The Balaban J connectivity index is 2.32. The zero-order valence-electron chi connectivity index (χ0n) is 11.9. The van der Waals surface area contributed by atoms with Crippen molar-refractivity contribution >= 4 is 17.3 Å². The first kappa shape index (κ1) is 15.4. The highest BCUT2D eigenvalue weighted by atomic mass is 19.1. The minimum Gasteiger partial charge on any atom is -0.490 e. The molecule has 0 aliphatic rings. The molecule has 0 aromatic heterocycles. The lowest BCUT2D eigenvalue weighted by molar-refractivity contribution is -0.385. The average Bonchev–Trinajstić information content (AvgIpc) is 2.49. The molecule has 0 bridgehead atoms. The molecular weight excluding hydrogens is 291 g/mol. The molecule has 2 aromatic carbocycles. The summed E-state index contributed by atoms with van der Waals surface area (Å²) in [6, 6.07) is 8.44. The van der Waals surface area contributed by atoms with Crippen LogP contribution in [0.2, 0.25) is 0 Å². The maximum absolute atomic E-state index is 13.9. The van der Waals surface area contributed by atoms with E-state index in [0.29, 0.717) is 5.56 Å². The monoisotopic (exact) mass is 304 g/mol. The van der Waals surface area contributed by atoms with Gasteiger partial charge in [-0.25, -0.2) is 4.39 Å². The molecule has 7 heteroatoms. The number of anilines is 1. The summed E-state index contributed by atoms with van der Waals surface area (Å²) in [6.07, 6.45) is 0. The molecule has 2 aromatic rings. The lowest BCUT2D eigenvalue weighted by Crippen LogP contribution is -2.13. The van der Waals surface area contributed by atoms with Crippen LogP contribution < -0.4 is 10.1 Å². The van der Waals surface area contributed by atoms with Gasteiger partial charge in [-0.1, -0.05) is 17.7 Å². The van der Waals surface area contributed by atoms with Crippen molar-refractivity contribution in [3.05, 3.63) is 63.5 Å². The van der Waals surface area contributed by atoms with E-state index in [9.17, 15) is 19.3 Å². The van der Waals surface area contributed by atoms with Crippen LogP contribution >= 0.6 is 0 Å². The maximum Gasteiger partial charge on any atom is 0.313 e. The molecule has 1 N–H and O–H groups in total. The fraction of sp³-hybridized carbons (Fsp3) is 0.133. The number of hydrogen-bond acceptors (Lipinski definition) is 4. The van der Waals surface area contributed by atoms with Crippen LogP contribution in [0, 0.1) is 22.9 Å². The smallest absolute Gasteiger partial charge is 0.313 e. The van der Waals surface area contributed by atoms with Gasteiger partial charge in [0, 0.05) is 17.7 Å². The van der Waals surface area contributed by atoms with Gasteiger partial charge in [0.2, 0.25) is 0 Å². The van der Waals surface area contributed by atoms with E-state index < -0.39 is 22.3 Å². The van der Waals surface area contributed by atoms with Crippen molar-refractivity contribution in [1.29, 1.82) is 0 Å². The van der Waals surface area contributed by atoms with Crippen LogP contribution in [0.25, 0.3) is 0 Å². The summed E-state index contributed by atoms with van der Waals surface area (Å²) in [5, 5.41) is 13.2. The standard InChI is InChI=1S/C15H13FN2O4/c1-9-3-5-10(6-4-9)15(19)17-12-8-13(18(20)21)14(22-2)7-11(12)16/h3-8H,1-2H3,(H,17,19). The number of carbonyl (C=O) groups excluding carboxylic acids is 1. The summed E-state index contributed by atoms with van der Waals surface area (Å²) in [4.78, 5) is 22.3. The molecule has 0 spiro atoms. The number of nitrogens with zero attached hydrogens (tertiary/aromatic N) is 1. The fourth-order valence-electron chi connectivity index (χ4n) is 1.84. The predicted octanol–water partition coefficient (Wildman–Crippen LogP) is 3.30. The number of rotatable bonds is 4. The van der Waals surface area contributed by atoms with Crippen molar-refractivity contribution in [2.45, 2.75) is 6.92 Å². The Kier molecular flexibility index (Phi) is 4.36. The Morgan fingerprint density at radius 1 is 1.27 bits per heavy atom. The molecule has 0 atom stereocenters. The minimum absolute atomic E-state index is 0.212. The van der Waals surface area contributed by atoms with Gasteiger partial charge in [0.1, 0.15) is 0 Å². The average molecular weight is 304 g/mol. The van der Waals surface area contributed by atoms with Gasteiger partial charge in [0.25, 0.3) is 5.91 Å².